The lowest BCUT2D eigenvalue weighted by atomic mass is 10.1. The maximum absolute atomic E-state index is 12.1. The minimum absolute atomic E-state index is 0.0421. The number of nitrogens with one attached hydrogen (secondary N) is 1. The average molecular weight is 275 g/mol. The van der Waals surface area contributed by atoms with Crippen molar-refractivity contribution in [3.63, 3.8) is 0 Å². The molecule has 0 heterocycles. The van der Waals surface area contributed by atoms with E-state index in [2.05, 4.69) is 12.2 Å². The van der Waals surface area contributed by atoms with Crippen LogP contribution < -0.4 is 5.32 Å². The molecule has 1 aliphatic carbocycles. The zero-order chi connectivity index (χ0) is 14.5. The molecule has 0 saturated heterocycles. The van der Waals surface area contributed by atoms with Gasteiger partial charge < -0.3 is 10.1 Å². The monoisotopic (exact) mass is 275 g/mol. The van der Waals surface area contributed by atoms with Crippen LogP contribution in [0.4, 0.5) is 0 Å². The van der Waals surface area contributed by atoms with Crippen molar-refractivity contribution in [1.82, 2.24) is 5.32 Å². The number of benzene rings is 1. The van der Waals surface area contributed by atoms with E-state index < -0.39 is 0 Å². The molecule has 3 nitrogen and oxygen atoms in total. The summed E-state index contributed by atoms with van der Waals surface area (Å²) < 4.78 is 5.55. The molecule has 0 bridgehead atoms. The first-order valence-corrected chi connectivity index (χ1v) is 7.56. The van der Waals surface area contributed by atoms with E-state index in [-0.39, 0.29) is 12.0 Å². The minimum atomic E-state index is 0.0421. The number of ether oxygens (including phenoxy) is 1. The third-order valence-corrected chi connectivity index (χ3v) is 3.83. The summed E-state index contributed by atoms with van der Waals surface area (Å²) in [5.74, 6) is 0.774. The van der Waals surface area contributed by atoms with Crippen molar-refractivity contribution in [2.24, 2.45) is 5.92 Å². The molecule has 1 aliphatic rings. The van der Waals surface area contributed by atoms with Crippen LogP contribution in [-0.4, -0.2) is 18.1 Å². The molecule has 1 N–H and O–H groups in total. The standard InChI is InChI=1S/C17H25NO2/c1-12(2)20-11-14-5-7-15(8-6-14)17(19)18-16-9-4-13(3)10-16/h5-8,12-13,16H,4,9-11H2,1-3H3,(H,18,19). The Labute approximate surface area is 121 Å². The van der Waals surface area contributed by atoms with Crippen molar-refractivity contribution in [2.75, 3.05) is 0 Å². The molecular formula is C17H25NO2. The van der Waals surface area contributed by atoms with Crippen LogP contribution in [-0.2, 0) is 11.3 Å². The van der Waals surface area contributed by atoms with Gasteiger partial charge in [-0.3, -0.25) is 4.79 Å². The molecule has 1 saturated carbocycles. The third kappa shape index (κ3) is 4.34. The fraction of sp³-hybridized carbons (Fsp3) is 0.588. The maximum Gasteiger partial charge on any atom is 0.251 e. The first-order chi connectivity index (χ1) is 9.54. The highest BCUT2D eigenvalue weighted by atomic mass is 16.5. The van der Waals surface area contributed by atoms with Gasteiger partial charge in [0.1, 0.15) is 0 Å². The molecule has 2 atom stereocenters. The molecule has 1 amide bonds. The Balaban J connectivity index is 1.87. The molecule has 1 aromatic carbocycles. The Morgan fingerprint density at radius 3 is 2.55 bits per heavy atom. The molecule has 2 unspecified atom stereocenters. The van der Waals surface area contributed by atoms with Gasteiger partial charge in [0.2, 0.25) is 0 Å². The van der Waals surface area contributed by atoms with Crippen molar-refractivity contribution in [1.29, 1.82) is 0 Å². The number of hydrogen-bond acceptors (Lipinski definition) is 2. The van der Waals surface area contributed by atoms with E-state index in [9.17, 15) is 4.79 Å². The Morgan fingerprint density at radius 1 is 1.30 bits per heavy atom. The second-order valence-corrected chi connectivity index (χ2v) is 6.15. The van der Waals surface area contributed by atoms with Crippen molar-refractivity contribution in [3.8, 4) is 0 Å². The lowest BCUT2D eigenvalue weighted by Crippen LogP contribution is -2.32. The van der Waals surface area contributed by atoms with E-state index >= 15 is 0 Å². The normalized spacial score (nSPS) is 22.2. The van der Waals surface area contributed by atoms with Crippen LogP contribution in [0.1, 0.15) is 56.0 Å². The summed E-state index contributed by atoms with van der Waals surface area (Å²) >= 11 is 0. The summed E-state index contributed by atoms with van der Waals surface area (Å²) in [5, 5.41) is 3.13. The molecule has 1 fully saturated rings. The molecule has 110 valence electrons. The van der Waals surface area contributed by atoms with Crippen LogP contribution in [0.15, 0.2) is 24.3 Å². The first-order valence-electron chi connectivity index (χ1n) is 7.56. The topological polar surface area (TPSA) is 38.3 Å². The average Bonchev–Trinajstić information content (AvgIpc) is 2.82. The molecule has 0 radical (unpaired) electrons. The molecule has 20 heavy (non-hydrogen) atoms. The SMILES string of the molecule is CC1CCC(NC(=O)c2ccc(COC(C)C)cc2)C1. The summed E-state index contributed by atoms with van der Waals surface area (Å²) in [6.07, 6.45) is 3.65. The van der Waals surface area contributed by atoms with Crippen LogP contribution in [0.25, 0.3) is 0 Å². The highest BCUT2D eigenvalue weighted by Crippen LogP contribution is 2.24. The number of hydrogen-bond donors (Lipinski definition) is 1. The van der Waals surface area contributed by atoms with Gasteiger partial charge in [-0.25, -0.2) is 0 Å². The third-order valence-electron chi connectivity index (χ3n) is 3.83. The second-order valence-electron chi connectivity index (χ2n) is 6.15. The van der Waals surface area contributed by atoms with E-state index in [0.717, 1.165) is 29.9 Å². The van der Waals surface area contributed by atoms with Gasteiger partial charge >= 0.3 is 0 Å². The fourth-order valence-electron chi connectivity index (χ4n) is 2.62. The van der Waals surface area contributed by atoms with Crippen molar-refractivity contribution in [3.05, 3.63) is 35.4 Å². The van der Waals surface area contributed by atoms with E-state index in [1.807, 2.05) is 38.1 Å². The van der Waals surface area contributed by atoms with Crippen LogP contribution in [0.3, 0.4) is 0 Å². The van der Waals surface area contributed by atoms with Gasteiger partial charge in [0.25, 0.3) is 5.91 Å². The predicted octanol–water partition coefficient (Wildman–Crippen LogP) is 3.53. The van der Waals surface area contributed by atoms with Crippen molar-refractivity contribution >= 4 is 5.91 Å². The zero-order valence-electron chi connectivity index (χ0n) is 12.7. The Hall–Kier alpha value is -1.35. The highest BCUT2D eigenvalue weighted by Gasteiger charge is 2.22. The summed E-state index contributed by atoms with van der Waals surface area (Å²) in [4.78, 5) is 12.1. The Bertz CT molecular complexity index is 439. The summed E-state index contributed by atoms with van der Waals surface area (Å²) in [7, 11) is 0. The number of carbonyl (C=O) groups excluding carboxylic acids is 1. The number of carbonyl (C=O) groups is 1. The fourth-order valence-corrected chi connectivity index (χ4v) is 2.62. The molecule has 2 rings (SSSR count). The number of amides is 1. The predicted molar refractivity (Wildman–Crippen MR) is 80.6 cm³/mol. The van der Waals surface area contributed by atoms with Crippen LogP contribution in [0.2, 0.25) is 0 Å². The molecular weight excluding hydrogens is 250 g/mol. The largest absolute Gasteiger partial charge is 0.374 e. The molecule has 3 heteroatoms. The van der Waals surface area contributed by atoms with Crippen LogP contribution in [0, 0.1) is 5.92 Å². The second kappa shape index (κ2) is 6.89. The minimum Gasteiger partial charge on any atom is -0.374 e. The Kier molecular flexibility index (Phi) is 5.18. The molecule has 0 spiro atoms. The van der Waals surface area contributed by atoms with Crippen LogP contribution in [0.5, 0.6) is 0 Å². The van der Waals surface area contributed by atoms with E-state index in [4.69, 9.17) is 4.74 Å². The van der Waals surface area contributed by atoms with Gasteiger partial charge in [0.05, 0.1) is 12.7 Å². The summed E-state index contributed by atoms with van der Waals surface area (Å²) in [6.45, 7) is 6.88. The van der Waals surface area contributed by atoms with E-state index in [1.54, 1.807) is 0 Å². The first kappa shape index (κ1) is 15.0. The molecule has 0 aliphatic heterocycles. The zero-order valence-corrected chi connectivity index (χ0v) is 12.7. The van der Waals surface area contributed by atoms with Gasteiger partial charge in [-0.2, -0.15) is 0 Å². The maximum atomic E-state index is 12.1. The van der Waals surface area contributed by atoms with E-state index in [0.29, 0.717) is 12.6 Å². The lowest BCUT2D eigenvalue weighted by Gasteiger charge is -2.13. The number of rotatable bonds is 5. The van der Waals surface area contributed by atoms with Crippen molar-refractivity contribution < 1.29 is 9.53 Å². The van der Waals surface area contributed by atoms with Gasteiger partial charge in [-0.15, -0.1) is 0 Å². The van der Waals surface area contributed by atoms with Crippen molar-refractivity contribution in [2.45, 2.75) is 58.8 Å². The summed E-state index contributed by atoms with van der Waals surface area (Å²) in [5.41, 5.74) is 1.84. The summed E-state index contributed by atoms with van der Waals surface area (Å²) in [6, 6.07) is 8.05. The van der Waals surface area contributed by atoms with Gasteiger partial charge in [-0.1, -0.05) is 19.1 Å². The lowest BCUT2D eigenvalue weighted by molar-refractivity contribution is 0.0656. The molecule has 1 aromatic rings. The van der Waals surface area contributed by atoms with Gasteiger partial charge in [0, 0.05) is 11.6 Å². The Morgan fingerprint density at radius 2 is 2.00 bits per heavy atom. The van der Waals surface area contributed by atoms with Gasteiger partial charge in [0.15, 0.2) is 0 Å². The van der Waals surface area contributed by atoms with Gasteiger partial charge in [-0.05, 0) is 56.7 Å². The van der Waals surface area contributed by atoms with Crippen LogP contribution >= 0.6 is 0 Å². The van der Waals surface area contributed by atoms with E-state index in [1.165, 1.54) is 6.42 Å². The quantitative estimate of drug-likeness (QED) is 0.892. The molecule has 0 aromatic heterocycles. The highest BCUT2D eigenvalue weighted by molar-refractivity contribution is 5.94. The smallest absolute Gasteiger partial charge is 0.251 e.